The van der Waals surface area contributed by atoms with Gasteiger partial charge >= 0.3 is 0 Å². The first-order valence-electron chi connectivity index (χ1n) is 9.98. The molecular weight excluding hydrogens is 364 g/mol. The van der Waals surface area contributed by atoms with Gasteiger partial charge in [0.05, 0.1) is 31.7 Å². The molecule has 0 N–H and O–H groups in total. The van der Waals surface area contributed by atoms with Crippen LogP contribution < -0.4 is 0 Å². The van der Waals surface area contributed by atoms with Crippen molar-refractivity contribution >= 4 is 10.0 Å². The van der Waals surface area contributed by atoms with Gasteiger partial charge in [0.15, 0.2) is 0 Å². The van der Waals surface area contributed by atoms with Gasteiger partial charge in [-0.3, -0.25) is 4.90 Å². The number of hydrogen-bond acceptors (Lipinski definition) is 5. The van der Waals surface area contributed by atoms with Gasteiger partial charge < -0.3 is 9.47 Å². The molecule has 1 aromatic carbocycles. The van der Waals surface area contributed by atoms with E-state index in [1.807, 2.05) is 30.3 Å². The summed E-state index contributed by atoms with van der Waals surface area (Å²) in [6.45, 7) is 6.57. The molecule has 27 heavy (non-hydrogen) atoms. The second-order valence-electron chi connectivity index (χ2n) is 8.19. The number of sulfonamides is 1. The third kappa shape index (κ3) is 4.71. The van der Waals surface area contributed by atoms with Crippen molar-refractivity contribution in [1.29, 1.82) is 0 Å². The zero-order valence-electron chi connectivity index (χ0n) is 15.9. The fourth-order valence-corrected chi connectivity index (χ4v) is 6.08. The monoisotopic (exact) mass is 394 g/mol. The molecular formula is C20H30N2O4S. The molecule has 3 aliphatic rings. The number of hydrogen-bond donors (Lipinski definition) is 0. The van der Waals surface area contributed by atoms with E-state index in [0.717, 1.165) is 64.3 Å². The fraction of sp³-hybridized carbons (Fsp3) is 0.700. The molecule has 1 aromatic rings. The second kappa shape index (κ2) is 8.17. The highest BCUT2D eigenvalue weighted by molar-refractivity contribution is 7.88. The van der Waals surface area contributed by atoms with Gasteiger partial charge in [0.2, 0.25) is 10.0 Å². The average Bonchev–Trinajstić information content (AvgIpc) is 3.05. The van der Waals surface area contributed by atoms with Crippen LogP contribution in [0.3, 0.4) is 0 Å². The topological polar surface area (TPSA) is 59.1 Å². The number of nitrogens with zero attached hydrogens (tertiary/aromatic N) is 2. The van der Waals surface area contributed by atoms with E-state index in [1.54, 1.807) is 4.31 Å². The number of rotatable bonds is 5. The molecule has 6 nitrogen and oxygen atoms in total. The molecule has 7 heteroatoms. The molecule has 4 rings (SSSR count). The molecule has 0 bridgehead atoms. The lowest BCUT2D eigenvalue weighted by atomic mass is 9.77. The van der Waals surface area contributed by atoms with Crippen LogP contribution in [0.25, 0.3) is 0 Å². The third-order valence-corrected chi connectivity index (χ3v) is 8.07. The molecule has 3 heterocycles. The standard InChI is InChI=1S/C20H30N2O4S/c23-27(24,16-18-4-2-1-3-5-18)22-8-6-20(7-9-22)14-19(26-17-20)15-21-10-12-25-13-11-21/h1-5,19H,6-17H2. The Morgan fingerprint density at radius 1 is 1.04 bits per heavy atom. The van der Waals surface area contributed by atoms with Crippen molar-refractivity contribution in [2.45, 2.75) is 31.1 Å². The van der Waals surface area contributed by atoms with Crippen molar-refractivity contribution in [3.63, 3.8) is 0 Å². The lowest BCUT2D eigenvalue weighted by Crippen LogP contribution is -2.44. The van der Waals surface area contributed by atoms with Crippen molar-refractivity contribution in [3.05, 3.63) is 35.9 Å². The fourth-order valence-electron chi connectivity index (χ4n) is 4.55. The molecule has 3 aliphatic heterocycles. The Morgan fingerprint density at radius 3 is 2.44 bits per heavy atom. The highest BCUT2D eigenvalue weighted by Crippen LogP contribution is 2.42. The van der Waals surface area contributed by atoms with Gasteiger partial charge in [-0.25, -0.2) is 12.7 Å². The van der Waals surface area contributed by atoms with E-state index in [2.05, 4.69) is 4.90 Å². The van der Waals surface area contributed by atoms with Crippen molar-refractivity contribution in [2.75, 3.05) is 52.5 Å². The maximum atomic E-state index is 12.8. The van der Waals surface area contributed by atoms with Crippen molar-refractivity contribution in [1.82, 2.24) is 9.21 Å². The summed E-state index contributed by atoms with van der Waals surface area (Å²) in [6.07, 6.45) is 3.13. The minimum Gasteiger partial charge on any atom is -0.379 e. The zero-order chi connectivity index (χ0) is 18.7. The van der Waals surface area contributed by atoms with Crippen molar-refractivity contribution in [3.8, 4) is 0 Å². The SMILES string of the molecule is O=S(=O)(Cc1ccccc1)N1CCC2(CC1)COC(CN1CCOCC1)C2. The third-order valence-electron chi connectivity index (χ3n) is 6.22. The van der Waals surface area contributed by atoms with E-state index in [4.69, 9.17) is 9.47 Å². The number of benzene rings is 1. The average molecular weight is 395 g/mol. The maximum absolute atomic E-state index is 12.8. The van der Waals surface area contributed by atoms with Gasteiger partial charge in [0.25, 0.3) is 0 Å². The van der Waals surface area contributed by atoms with Gasteiger partial charge in [-0.1, -0.05) is 30.3 Å². The van der Waals surface area contributed by atoms with Gasteiger partial charge in [-0.15, -0.1) is 0 Å². The summed E-state index contributed by atoms with van der Waals surface area (Å²) in [7, 11) is -3.25. The van der Waals surface area contributed by atoms with Crippen LogP contribution in [0.4, 0.5) is 0 Å². The Morgan fingerprint density at radius 2 is 1.74 bits per heavy atom. The molecule has 150 valence electrons. The van der Waals surface area contributed by atoms with Gasteiger partial charge in [-0.05, 0) is 30.2 Å². The minimum absolute atomic E-state index is 0.0942. The molecule has 1 unspecified atom stereocenters. The van der Waals surface area contributed by atoms with E-state index < -0.39 is 10.0 Å². The van der Waals surface area contributed by atoms with E-state index in [9.17, 15) is 8.42 Å². The van der Waals surface area contributed by atoms with Crippen LogP contribution in [0.5, 0.6) is 0 Å². The Labute approximate surface area is 162 Å². The largest absolute Gasteiger partial charge is 0.379 e. The summed E-state index contributed by atoms with van der Waals surface area (Å²) in [5.74, 6) is 0.0942. The highest BCUT2D eigenvalue weighted by atomic mass is 32.2. The van der Waals surface area contributed by atoms with Gasteiger partial charge in [0.1, 0.15) is 0 Å². The summed E-state index contributed by atoms with van der Waals surface area (Å²) in [4.78, 5) is 2.42. The quantitative estimate of drug-likeness (QED) is 0.761. The predicted molar refractivity (Wildman–Crippen MR) is 104 cm³/mol. The Balaban J connectivity index is 1.29. The normalized spacial score (nSPS) is 27.2. The Hall–Kier alpha value is -0.990. The molecule has 1 spiro atoms. The zero-order valence-corrected chi connectivity index (χ0v) is 16.7. The lowest BCUT2D eigenvalue weighted by Gasteiger charge is -2.38. The summed E-state index contributed by atoms with van der Waals surface area (Å²) < 4.78 is 38.7. The Kier molecular flexibility index (Phi) is 5.85. The van der Waals surface area contributed by atoms with Gasteiger partial charge in [0, 0.05) is 32.7 Å². The minimum atomic E-state index is -3.25. The molecule has 0 amide bonds. The van der Waals surface area contributed by atoms with Crippen LogP contribution in [-0.4, -0.2) is 76.3 Å². The van der Waals surface area contributed by atoms with Crippen LogP contribution in [0, 0.1) is 5.41 Å². The van der Waals surface area contributed by atoms with Crippen LogP contribution in [0.1, 0.15) is 24.8 Å². The van der Waals surface area contributed by atoms with Crippen LogP contribution in [0.2, 0.25) is 0 Å². The highest BCUT2D eigenvalue weighted by Gasteiger charge is 2.44. The molecule has 3 saturated heterocycles. The van der Waals surface area contributed by atoms with E-state index in [1.165, 1.54) is 0 Å². The molecule has 0 aliphatic carbocycles. The number of piperidine rings is 1. The first-order valence-corrected chi connectivity index (χ1v) is 11.6. The maximum Gasteiger partial charge on any atom is 0.218 e. The molecule has 3 fully saturated rings. The van der Waals surface area contributed by atoms with Crippen LogP contribution in [-0.2, 0) is 25.2 Å². The molecule has 0 saturated carbocycles. The van der Waals surface area contributed by atoms with Crippen molar-refractivity contribution < 1.29 is 17.9 Å². The van der Waals surface area contributed by atoms with Crippen molar-refractivity contribution in [2.24, 2.45) is 5.41 Å². The van der Waals surface area contributed by atoms with Gasteiger partial charge in [-0.2, -0.15) is 0 Å². The molecule has 0 radical (unpaired) electrons. The van der Waals surface area contributed by atoms with Crippen LogP contribution in [0.15, 0.2) is 30.3 Å². The molecule has 0 aromatic heterocycles. The second-order valence-corrected chi connectivity index (χ2v) is 10.2. The predicted octanol–water partition coefficient (Wildman–Crippen LogP) is 1.72. The number of morpholine rings is 1. The van der Waals surface area contributed by atoms with E-state index in [-0.39, 0.29) is 17.3 Å². The van der Waals surface area contributed by atoms with E-state index in [0.29, 0.717) is 13.1 Å². The summed E-state index contributed by atoms with van der Waals surface area (Å²) in [5, 5.41) is 0. The Bertz CT molecular complexity index is 711. The first kappa shape index (κ1) is 19.3. The lowest BCUT2D eigenvalue weighted by molar-refractivity contribution is 0.00567. The molecule has 1 atom stereocenters. The summed E-state index contributed by atoms with van der Waals surface area (Å²) in [6, 6.07) is 9.45. The first-order chi connectivity index (χ1) is 13.0. The van der Waals surface area contributed by atoms with E-state index >= 15 is 0 Å². The smallest absolute Gasteiger partial charge is 0.218 e. The number of ether oxygens (including phenoxy) is 2. The summed E-state index contributed by atoms with van der Waals surface area (Å²) >= 11 is 0. The summed E-state index contributed by atoms with van der Waals surface area (Å²) in [5.41, 5.74) is 1.02. The van der Waals surface area contributed by atoms with Crippen LogP contribution >= 0.6 is 0 Å².